The minimum absolute atomic E-state index is 0. The van der Waals surface area contributed by atoms with Crippen LogP contribution in [0.1, 0.15) is 28.8 Å². The molecule has 0 atom stereocenters. The fraction of sp³-hybridized carbons (Fsp3) is 0.333. The zero-order chi connectivity index (χ0) is 18.2. The summed E-state index contributed by atoms with van der Waals surface area (Å²) in [5.41, 5.74) is 6.33. The van der Waals surface area contributed by atoms with E-state index in [0.717, 1.165) is 23.8 Å². The first-order valence-corrected chi connectivity index (χ1v) is 8.04. The lowest BCUT2D eigenvalue weighted by atomic mass is 10.2. The molecule has 0 saturated heterocycles. The molecule has 0 aliphatic heterocycles. The molecule has 0 unspecified atom stereocenters. The standard InChI is InChI=1S/C18H24N4O3.HI/c1-4-20-18(21-11-15-9-10-16(25-15)17(19)23)22(2)12-13-5-7-14(24-3)8-6-13;/h5-10H,4,11-12H2,1-3H3,(H2,19,23)(H,20,21);1H. The maximum absolute atomic E-state index is 11.1. The van der Waals surface area contributed by atoms with Crippen molar-refractivity contribution in [2.24, 2.45) is 10.7 Å². The largest absolute Gasteiger partial charge is 0.497 e. The van der Waals surface area contributed by atoms with Gasteiger partial charge in [-0.15, -0.1) is 24.0 Å². The number of hydrogen-bond donors (Lipinski definition) is 2. The first kappa shape index (κ1) is 21.8. The smallest absolute Gasteiger partial charge is 0.284 e. The molecule has 1 aromatic carbocycles. The van der Waals surface area contributed by atoms with Crippen LogP contribution in [0.2, 0.25) is 0 Å². The van der Waals surface area contributed by atoms with Gasteiger partial charge in [-0.25, -0.2) is 4.99 Å². The number of guanidine groups is 1. The van der Waals surface area contributed by atoms with Gasteiger partial charge in [0.1, 0.15) is 18.1 Å². The van der Waals surface area contributed by atoms with E-state index in [1.807, 2.05) is 43.1 Å². The highest BCUT2D eigenvalue weighted by molar-refractivity contribution is 14.0. The van der Waals surface area contributed by atoms with Gasteiger partial charge in [-0.3, -0.25) is 4.79 Å². The highest BCUT2D eigenvalue weighted by atomic mass is 127. The van der Waals surface area contributed by atoms with Crippen LogP contribution in [0.3, 0.4) is 0 Å². The highest BCUT2D eigenvalue weighted by Crippen LogP contribution is 2.13. The van der Waals surface area contributed by atoms with E-state index >= 15 is 0 Å². The average molecular weight is 472 g/mol. The van der Waals surface area contributed by atoms with Crippen LogP contribution in [0, 0.1) is 0 Å². The summed E-state index contributed by atoms with van der Waals surface area (Å²) in [7, 11) is 3.61. The third kappa shape index (κ3) is 6.25. The Hall–Kier alpha value is -2.23. The van der Waals surface area contributed by atoms with Crippen LogP contribution < -0.4 is 15.8 Å². The van der Waals surface area contributed by atoms with Crippen molar-refractivity contribution in [3.8, 4) is 5.75 Å². The second-order valence-corrected chi connectivity index (χ2v) is 5.50. The van der Waals surface area contributed by atoms with Crippen LogP contribution in [-0.4, -0.2) is 37.5 Å². The van der Waals surface area contributed by atoms with Crippen molar-refractivity contribution in [3.05, 3.63) is 53.5 Å². The lowest BCUT2D eigenvalue weighted by Gasteiger charge is -2.22. The minimum atomic E-state index is -0.584. The number of nitrogens with zero attached hydrogens (tertiary/aromatic N) is 2. The summed E-state index contributed by atoms with van der Waals surface area (Å²) in [6.07, 6.45) is 0. The van der Waals surface area contributed by atoms with Crippen molar-refractivity contribution >= 4 is 35.8 Å². The molecule has 7 nitrogen and oxygen atoms in total. The number of ether oxygens (including phenoxy) is 1. The second kappa shape index (κ2) is 10.7. The third-order valence-corrected chi connectivity index (χ3v) is 3.56. The monoisotopic (exact) mass is 472 g/mol. The Morgan fingerprint density at radius 2 is 1.96 bits per heavy atom. The Morgan fingerprint density at radius 1 is 1.27 bits per heavy atom. The lowest BCUT2D eigenvalue weighted by Crippen LogP contribution is -2.38. The summed E-state index contributed by atoms with van der Waals surface area (Å²) in [5, 5.41) is 3.24. The van der Waals surface area contributed by atoms with Crippen LogP contribution in [0.4, 0.5) is 0 Å². The molecule has 0 radical (unpaired) electrons. The van der Waals surface area contributed by atoms with Gasteiger partial charge >= 0.3 is 0 Å². The summed E-state index contributed by atoms with van der Waals surface area (Å²) in [6, 6.07) is 11.2. The predicted molar refractivity (Wildman–Crippen MR) is 112 cm³/mol. The zero-order valence-corrected chi connectivity index (χ0v) is 17.5. The summed E-state index contributed by atoms with van der Waals surface area (Å²) in [4.78, 5) is 17.6. The van der Waals surface area contributed by atoms with E-state index < -0.39 is 5.91 Å². The van der Waals surface area contributed by atoms with E-state index in [2.05, 4.69) is 10.3 Å². The second-order valence-electron chi connectivity index (χ2n) is 5.50. The highest BCUT2D eigenvalue weighted by Gasteiger charge is 2.09. The number of carbonyl (C=O) groups is 1. The van der Waals surface area contributed by atoms with Gasteiger partial charge in [0.25, 0.3) is 5.91 Å². The van der Waals surface area contributed by atoms with E-state index in [0.29, 0.717) is 18.8 Å². The van der Waals surface area contributed by atoms with Gasteiger partial charge in [0.2, 0.25) is 0 Å². The van der Waals surface area contributed by atoms with Crippen LogP contribution in [0.5, 0.6) is 5.75 Å². The Labute approximate surface area is 170 Å². The fourth-order valence-electron chi connectivity index (χ4n) is 2.30. The molecule has 26 heavy (non-hydrogen) atoms. The Morgan fingerprint density at radius 3 is 2.50 bits per heavy atom. The van der Waals surface area contributed by atoms with Crippen LogP contribution in [-0.2, 0) is 13.1 Å². The molecular formula is C18H25IN4O3. The first-order chi connectivity index (χ1) is 12.0. The van der Waals surface area contributed by atoms with E-state index in [9.17, 15) is 4.79 Å². The van der Waals surface area contributed by atoms with Crippen molar-refractivity contribution < 1.29 is 13.9 Å². The van der Waals surface area contributed by atoms with E-state index in [1.54, 1.807) is 19.2 Å². The molecule has 3 N–H and O–H groups in total. The van der Waals surface area contributed by atoms with Crippen molar-refractivity contribution in [1.29, 1.82) is 0 Å². The number of hydrogen-bond acceptors (Lipinski definition) is 4. The number of nitrogens with two attached hydrogens (primary N) is 1. The van der Waals surface area contributed by atoms with Crippen molar-refractivity contribution in [2.45, 2.75) is 20.0 Å². The van der Waals surface area contributed by atoms with Crippen molar-refractivity contribution in [1.82, 2.24) is 10.2 Å². The summed E-state index contributed by atoms with van der Waals surface area (Å²) >= 11 is 0. The molecule has 0 aliphatic rings. The number of primary amides is 1. The Balaban J connectivity index is 0.00000338. The molecule has 0 spiro atoms. The van der Waals surface area contributed by atoms with Gasteiger partial charge in [0.15, 0.2) is 11.7 Å². The van der Waals surface area contributed by atoms with Gasteiger partial charge in [-0.2, -0.15) is 0 Å². The molecule has 1 amide bonds. The number of rotatable bonds is 7. The topological polar surface area (TPSA) is 93.1 Å². The SMILES string of the molecule is CCNC(=NCc1ccc(C(N)=O)o1)N(C)Cc1ccc(OC)cc1.I. The van der Waals surface area contributed by atoms with E-state index in [1.165, 1.54) is 0 Å². The van der Waals surface area contributed by atoms with Gasteiger partial charge < -0.3 is 25.1 Å². The first-order valence-electron chi connectivity index (χ1n) is 8.04. The van der Waals surface area contributed by atoms with Crippen LogP contribution >= 0.6 is 24.0 Å². The maximum Gasteiger partial charge on any atom is 0.284 e. The molecule has 2 rings (SSSR count). The van der Waals surface area contributed by atoms with Crippen molar-refractivity contribution in [2.75, 3.05) is 20.7 Å². The average Bonchev–Trinajstić information content (AvgIpc) is 3.08. The number of amides is 1. The molecular weight excluding hydrogens is 447 g/mol. The molecule has 142 valence electrons. The number of halogens is 1. The zero-order valence-electron chi connectivity index (χ0n) is 15.2. The number of methoxy groups -OCH3 is 1. The van der Waals surface area contributed by atoms with E-state index in [-0.39, 0.29) is 29.7 Å². The molecule has 0 bridgehead atoms. The summed E-state index contributed by atoms with van der Waals surface area (Å²) in [6.45, 7) is 3.77. The van der Waals surface area contributed by atoms with Gasteiger partial charge in [0.05, 0.1) is 7.11 Å². The molecule has 0 fully saturated rings. The number of nitrogens with one attached hydrogen (secondary N) is 1. The summed E-state index contributed by atoms with van der Waals surface area (Å²) < 4.78 is 10.5. The van der Waals surface area contributed by atoms with Gasteiger partial charge in [0, 0.05) is 20.1 Å². The normalized spacial score (nSPS) is 10.8. The van der Waals surface area contributed by atoms with Gasteiger partial charge in [-0.05, 0) is 36.8 Å². The fourth-order valence-corrected chi connectivity index (χ4v) is 2.30. The third-order valence-electron chi connectivity index (χ3n) is 3.56. The van der Waals surface area contributed by atoms with Crippen molar-refractivity contribution in [3.63, 3.8) is 0 Å². The molecule has 0 saturated carbocycles. The number of carbonyl (C=O) groups excluding carboxylic acids is 1. The number of furan rings is 1. The molecule has 2 aromatic rings. The lowest BCUT2D eigenvalue weighted by molar-refractivity contribution is 0.0972. The molecule has 8 heteroatoms. The molecule has 1 aromatic heterocycles. The van der Waals surface area contributed by atoms with Crippen LogP contribution in [0.15, 0.2) is 45.8 Å². The Bertz CT molecular complexity index is 728. The Kier molecular flexibility index (Phi) is 8.97. The molecule has 0 aliphatic carbocycles. The molecule has 1 heterocycles. The maximum atomic E-state index is 11.1. The minimum Gasteiger partial charge on any atom is -0.497 e. The summed E-state index contributed by atoms with van der Waals surface area (Å²) in [5.74, 6) is 1.72. The van der Waals surface area contributed by atoms with Gasteiger partial charge in [-0.1, -0.05) is 12.1 Å². The van der Waals surface area contributed by atoms with Crippen LogP contribution in [0.25, 0.3) is 0 Å². The quantitative estimate of drug-likeness (QED) is 0.367. The number of aliphatic imine (C=N–C) groups is 1. The number of benzene rings is 1. The van der Waals surface area contributed by atoms with E-state index in [4.69, 9.17) is 14.9 Å². The predicted octanol–water partition coefficient (Wildman–Crippen LogP) is 2.60.